The molecule has 2 aromatic carbocycles. The molecule has 2 aromatic rings. The molecule has 0 aliphatic heterocycles. The number of hydrogen-bond donors (Lipinski definition) is 3. The number of thioether (sulfide) groups is 1. The Hall–Kier alpha value is -3.00. The van der Waals surface area contributed by atoms with E-state index < -0.39 is 24.0 Å². The summed E-state index contributed by atoms with van der Waals surface area (Å²) in [7, 11) is 0. The number of nitrogens with one attached hydrogen (secondary N) is 2. The SMILES string of the molecule is CSCC[C@H](NC(=O)C1CCCCC1NC(=O)OCC1c2ccccc2-c2ccccc21)C(=O)O. The summed E-state index contributed by atoms with van der Waals surface area (Å²) in [5.41, 5.74) is 4.61. The summed E-state index contributed by atoms with van der Waals surface area (Å²) in [5, 5.41) is 15.0. The minimum absolute atomic E-state index is 0.0358. The van der Waals surface area contributed by atoms with Crippen LogP contribution < -0.4 is 10.6 Å². The third-order valence-electron chi connectivity index (χ3n) is 6.97. The Balaban J connectivity index is 1.37. The third kappa shape index (κ3) is 5.81. The van der Waals surface area contributed by atoms with Crippen molar-refractivity contribution in [3.05, 3.63) is 59.7 Å². The third-order valence-corrected chi connectivity index (χ3v) is 7.62. The summed E-state index contributed by atoms with van der Waals surface area (Å²) in [5.74, 6) is -1.22. The number of carbonyl (C=O) groups is 3. The number of ether oxygens (including phenoxy) is 1. The summed E-state index contributed by atoms with van der Waals surface area (Å²) in [6.45, 7) is 0.208. The Morgan fingerprint density at radius 3 is 2.29 bits per heavy atom. The van der Waals surface area contributed by atoms with Crippen molar-refractivity contribution >= 4 is 29.7 Å². The van der Waals surface area contributed by atoms with E-state index in [1.165, 1.54) is 11.8 Å². The number of amides is 2. The summed E-state index contributed by atoms with van der Waals surface area (Å²) in [6.07, 6.45) is 4.74. The highest BCUT2D eigenvalue weighted by Crippen LogP contribution is 2.44. The maximum atomic E-state index is 12.9. The molecule has 186 valence electrons. The molecule has 0 spiro atoms. The number of aliphatic carboxylic acids is 1. The van der Waals surface area contributed by atoms with E-state index in [4.69, 9.17) is 4.74 Å². The van der Waals surface area contributed by atoms with Crippen molar-refractivity contribution in [3.63, 3.8) is 0 Å². The first kappa shape index (κ1) is 25.1. The first-order valence-corrected chi connectivity index (χ1v) is 13.5. The molecule has 3 atom stereocenters. The van der Waals surface area contributed by atoms with Gasteiger partial charge in [-0.25, -0.2) is 9.59 Å². The van der Waals surface area contributed by atoms with Crippen molar-refractivity contribution < 1.29 is 24.2 Å². The molecule has 0 aromatic heterocycles. The molecule has 1 saturated carbocycles. The molecule has 2 amide bonds. The highest BCUT2D eigenvalue weighted by Gasteiger charge is 2.35. The van der Waals surface area contributed by atoms with E-state index in [1.807, 2.05) is 30.5 Å². The van der Waals surface area contributed by atoms with Crippen LogP contribution in [-0.4, -0.2) is 53.8 Å². The van der Waals surface area contributed by atoms with Crippen LogP contribution in [0, 0.1) is 5.92 Å². The van der Waals surface area contributed by atoms with E-state index in [0.29, 0.717) is 25.0 Å². The molecule has 8 heteroatoms. The minimum Gasteiger partial charge on any atom is -0.480 e. The maximum Gasteiger partial charge on any atom is 0.407 e. The van der Waals surface area contributed by atoms with Crippen LogP contribution >= 0.6 is 11.8 Å². The van der Waals surface area contributed by atoms with Gasteiger partial charge in [0.2, 0.25) is 5.91 Å². The molecule has 2 aliphatic rings. The molecule has 1 fully saturated rings. The second-order valence-electron chi connectivity index (χ2n) is 9.15. The lowest BCUT2D eigenvalue weighted by molar-refractivity contribution is -0.142. The molecule has 7 nitrogen and oxygen atoms in total. The lowest BCUT2D eigenvalue weighted by Crippen LogP contribution is -2.52. The largest absolute Gasteiger partial charge is 0.480 e. The number of carboxylic acid groups (broad SMARTS) is 1. The van der Waals surface area contributed by atoms with Gasteiger partial charge >= 0.3 is 12.1 Å². The van der Waals surface area contributed by atoms with Gasteiger partial charge in [-0.15, -0.1) is 0 Å². The van der Waals surface area contributed by atoms with E-state index in [2.05, 4.69) is 34.9 Å². The van der Waals surface area contributed by atoms with Gasteiger partial charge < -0.3 is 20.5 Å². The lowest BCUT2D eigenvalue weighted by Gasteiger charge is -2.31. The van der Waals surface area contributed by atoms with Gasteiger partial charge in [-0.2, -0.15) is 11.8 Å². The Bertz CT molecular complexity index is 1030. The summed E-state index contributed by atoms with van der Waals surface area (Å²) in [6, 6.07) is 15.0. The number of benzene rings is 2. The van der Waals surface area contributed by atoms with Crippen LogP contribution in [-0.2, 0) is 14.3 Å². The Morgan fingerprint density at radius 2 is 1.66 bits per heavy atom. The standard InChI is InChI=1S/C27H32N2O5S/c1-35-15-14-24(26(31)32)28-25(30)21-12-6-7-13-23(21)29-27(33)34-16-22-19-10-4-2-8-17(19)18-9-3-5-11-20(18)22/h2-5,8-11,21-24H,6-7,12-16H2,1H3,(H,28,30)(H,29,33)(H,31,32)/t21?,23?,24-/m0/s1. The zero-order chi connectivity index (χ0) is 24.8. The molecular weight excluding hydrogens is 464 g/mol. The highest BCUT2D eigenvalue weighted by molar-refractivity contribution is 7.98. The minimum atomic E-state index is -1.04. The van der Waals surface area contributed by atoms with Gasteiger partial charge in [-0.1, -0.05) is 61.4 Å². The van der Waals surface area contributed by atoms with E-state index in [0.717, 1.165) is 35.1 Å². The van der Waals surface area contributed by atoms with Crippen LogP contribution in [0.15, 0.2) is 48.5 Å². The lowest BCUT2D eigenvalue weighted by atomic mass is 9.83. The molecule has 35 heavy (non-hydrogen) atoms. The van der Waals surface area contributed by atoms with Crippen LogP contribution in [0.3, 0.4) is 0 Å². The van der Waals surface area contributed by atoms with Gasteiger partial charge in [0, 0.05) is 12.0 Å². The quantitative estimate of drug-likeness (QED) is 0.475. The van der Waals surface area contributed by atoms with Gasteiger partial charge in [0.25, 0.3) is 0 Å². The highest BCUT2D eigenvalue weighted by atomic mass is 32.2. The van der Waals surface area contributed by atoms with Crippen molar-refractivity contribution in [2.75, 3.05) is 18.6 Å². The molecular formula is C27H32N2O5S. The maximum absolute atomic E-state index is 12.9. The smallest absolute Gasteiger partial charge is 0.407 e. The van der Waals surface area contributed by atoms with Gasteiger partial charge in [0.05, 0.1) is 5.92 Å². The Labute approximate surface area is 210 Å². The van der Waals surface area contributed by atoms with Crippen LogP contribution in [0.25, 0.3) is 11.1 Å². The number of hydrogen-bond acceptors (Lipinski definition) is 5. The van der Waals surface area contributed by atoms with E-state index in [-0.39, 0.29) is 24.5 Å². The van der Waals surface area contributed by atoms with Crippen LogP contribution in [0.2, 0.25) is 0 Å². The first-order valence-electron chi connectivity index (χ1n) is 12.1. The predicted octanol–water partition coefficient (Wildman–Crippen LogP) is 4.41. The normalized spacial score (nSPS) is 19.8. The number of rotatable bonds is 9. The van der Waals surface area contributed by atoms with Gasteiger partial charge in [-0.05, 0) is 53.5 Å². The fourth-order valence-electron chi connectivity index (χ4n) is 5.18. The summed E-state index contributed by atoms with van der Waals surface area (Å²) in [4.78, 5) is 37.3. The van der Waals surface area contributed by atoms with Crippen molar-refractivity contribution in [1.29, 1.82) is 0 Å². The average molecular weight is 497 g/mol. The second-order valence-corrected chi connectivity index (χ2v) is 10.1. The molecule has 2 aliphatic carbocycles. The zero-order valence-corrected chi connectivity index (χ0v) is 20.7. The number of fused-ring (bicyclic) bond motifs is 3. The monoisotopic (exact) mass is 496 g/mol. The van der Waals surface area contributed by atoms with Crippen molar-refractivity contribution in [1.82, 2.24) is 10.6 Å². The van der Waals surface area contributed by atoms with Crippen molar-refractivity contribution in [2.24, 2.45) is 5.92 Å². The Morgan fingerprint density at radius 1 is 1.03 bits per heavy atom. The number of carbonyl (C=O) groups excluding carboxylic acids is 2. The number of alkyl carbamates (subject to hydrolysis) is 1. The van der Waals surface area contributed by atoms with Gasteiger partial charge in [-0.3, -0.25) is 4.79 Å². The van der Waals surface area contributed by atoms with E-state index >= 15 is 0 Å². The molecule has 0 bridgehead atoms. The van der Waals surface area contributed by atoms with Crippen LogP contribution in [0.1, 0.15) is 49.1 Å². The fourth-order valence-corrected chi connectivity index (χ4v) is 5.65. The zero-order valence-electron chi connectivity index (χ0n) is 19.9. The molecule has 2 unspecified atom stereocenters. The second kappa shape index (κ2) is 11.6. The molecule has 0 saturated heterocycles. The number of carboxylic acids is 1. The average Bonchev–Trinajstić information content (AvgIpc) is 3.19. The fraction of sp³-hybridized carbons (Fsp3) is 0.444. The molecule has 0 radical (unpaired) electrons. The molecule has 0 heterocycles. The van der Waals surface area contributed by atoms with Gasteiger partial charge in [0.15, 0.2) is 0 Å². The van der Waals surface area contributed by atoms with Crippen molar-refractivity contribution in [3.8, 4) is 11.1 Å². The topological polar surface area (TPSA) is 105 Å². The first-order chi connectivity index (χ1) is 17.0. The van der Waals surface area contributed by atoms with E-state index in [9.17, 15) is 19.5 Å². The molecule has 3 N–H and O–H groups in total. The summed E-state index contributed by atoms with van der Waals surface area (Å²) >= 11 is 1.54. The Kier molecular flexibility index (Phi) is 8.33. The summed E-state index contributed by atoms with van der Waals surface area (Å²) < 4.78 is 5.66. The van der Waals surface area contributed by atoms with Crippen molar-refractivity contribution in [2.45, 2.75) is 50.1 Å². The van der Waals surface area contributed by atoms with Crippen LogP contribution in [0.5, 0.6) is 0 Å². The predicted molar refractivity (Wildman–Crippen MR) is 137 cm³/mol. The van der Waals surface area contributed by atoms with Gasteiger partial charge in [0.1, 0.15) is 12.6 Å². The van der Waals surface area contributed by atoms with Crippen LogP contribution in [0.4, 0.5) is 4.79 Å². The van der Waals surface area contributed by atoms with E-state index in [1.54, 1.807) is 0 Å². The molecule has 4 rings (SSSR count).